The largest absolute Gasteiger partial charge is 0.463 e. The molecular formula is C16H15N3O2. The molecule has 1 aromatic carbocycles. The molecule has 0 spiro atoms. The van der Waals surface area contributed by atoms with Gasteiger partial charge in [-0.05, 0) is 31.2 Å². The Kier molecular flexibility index (Phi) is 3.31. The zero-order chi connectivity index (χ0) is 14.8. The van der Waals surface area contributed by atoms with E-state index in [0.29, 0.717) is 22.7 Å². The third-order valence-corrected chi connectivity index (χ3v) is 3.36. The number of nitrogens with zero attached hydrogens (tertiary/aromatic N) is 2. The molecule has 0 unspecified atom stereocenters. The van der Waals surface area contributed by atoms with E-state index in [4.69, 9.17) is 4.42 Å². The molecule has 1 amide bonds. The molecule has 0 fully saturated rings. The normalized spacial score (nSPS) is 10.6. The van der Waals surface area contributed by atoms with Crippen LogP contribution in [0.5, 0.6) is 0 Å². The van der Waals surface area contributed by atoms with Crippen molar-refractivity contribution in [3.05, 3.63) is 60.0 Å². The Morgan fingerprint density at radius 3 is 2.62 bits per heavy atom. The van der Waals surface area contributed by atoms with E-state index in [-0.39, 0.29) is 5.91 Å². The van der Waals surface area contributed by atoms with Crippen LogP contribution >= 0.6 is 0 Å². The summed E-state index contributed by atoms with van der Waals surface area (Å²) in [7, 11) is 1.75. The number of carbonyl (C=O) groups is 1. The molecule has 0 aliphatic carbocycles. The maximum Gasteiger partial charge on any atom is 0.262 e. The van der Waals surface area contributed by atoms with Crippen LogP contribution in [0.3, 0.4) is 0 Å². The number of furan rings is 1. The van der Waals surface area contributed by atoms with Crippen LogP contribution in [0.2, 0.25) is 0 Å². The summed E-state index contributed by atoms with van der Waals surface area (Å²) in [5.41, 5.74) is 2.60. The molecule has 0 bridgehead atoms. The molecule has 1 N–H and O–H groups in total. The van der Waals surface area contributed by atoms with Gasteiger partial charge in [0.2, 0.25) is 0 Å². The number of carbonyl (C=O) groups excluding carboxylic acids is 1. The molecule has 0 saturated carbocycles. The average molecular weight is 281 g/mol. The van der Waals surface area contributed by atoms with E-state index in [1.165, 1.54) is 0 Å². The van der Waals surface area contributed by atoms with Crippen molar-refractivity contribution in [3.8, 4) is 11.5 Å². The number of hydrogen-bond acceptors (Lipinski definition) is 3. The van der Waals surface area contributed by atoms with E-state index >= 15 is 0 Å². The summed E-state index contributed by atoms with van der Waals surface area (Å²) in [4.78, 5) is 14.4. The number of H-pyrrole nitrogens is 1. The topological polar surface area (TPSA) is 62.1 Å². The first-order valence-electron chi connectivity index (χ1n) is 6.60. The lowest BCUT2D eigenvalue weighted by Gasteiger charge is -2.17. The summed E-state index contributed by atoms with van der Waals surface area (Å²) in [5, 5.41) is 7.04. The van der Waals surface area contributed by atoms with Gasteiger partial charge in [-0.15, -0.1) is 0 Å². The summed E-state index contributed by atoms with van der Waals surface area (Å²) >= 11 is 0. The van der Waals surface area contributed by atoms with E-state index in [9.17, 15) is 4.79 Å². The van der Waals surface area contributed by atoms with Crippen LogP contribution in [-0.4, -0.2) is 23.2 Å². The Hall–Kier alpha value is -2.82. The van der Waals surface area contributed by atoms with Gasteiger partial charge in [0.15, 0.2) is 5.76 Å². The molecule has 0 aliphatic rings. The van der Waals surface area contributed by atoms with Gasteiger partial charge >= 0.3 is 0 Å². The Bertz CT molecular complexity index is 745. The molecule has 2 aromatic heterocycles. The molecule has 2 heterocycles. The number of rotatable bonds is 3. The fraction of sp³-hybridized carbons (Fsp3) is 0.125. The van der Waals surface area contributed by atoms with Crippen molar-refractivity contribution in [2.24, 2.45) is 0 Å². The Labute approximate surface area is 122 Å². The predicted octanol–water partition coefficient (Wildman–Crippen LogP) is 3.25. The average Bonchev–Trinajstić information content (AvgIpc) is 3.16. The van der Waals surface area contributed by atoms with Crippen LogP contribution in [0.15, 0.2) is 53.1 Å². The molecule has 5 nitrogen and oxygen atoms in total. The highest BCUT2D eigenvalue weighted by molar-refractivity contribution is 6.09. The van der Waals surface area contributed by atoms with Gasteiger partial charge in [0.05, 0.1) is 11.8 Å². The fourth-order valence-electron chi connectivity index (χ4n) is 2.22. The highest BCUT2D eigenvalue weighted by Crippen LogP contribution is 2.26. The highest BCUT2D eigenvalue weighted by Gasteiger charge is 2.24. The van der Waals surface area contributed by atoms with E-state index in [0.717, 1.165) is 5.69 Å². The molecular weight excluding hydrogens is 266 g/mol. The fourth-order valence-corrected chi connectivity index (χ4v) is 2.22. The van der Waals surface area contributed by atoms with Gasteiger partial charge in [-0.25, -0.2) is 0 Å². The lowest BCUT2D eigenvalue weighted by molar-refractivity contribution is 0.0993. The minimum Gasteiger partial charge on any atom is -0.463 e. The van der Waals surface area contributed by atoms with E-state index < -0.39 is 0 Å². The first kappa shape index (κ1) is 13.2. The highest BCUT2D eigenvalue weighted by atomic mass is 16.3. The predicted molar refractivity (Wildman–Crippen MR) is 80.2 cm³/mol. The smallest absolute Gasteiger partial charge is 0.262 e. The zero-order valence-electron chi connectivity index (χ0n) is 11.8. The molecule has 0 aliphatic heterocycles. The van der Waals surface area contributed by atoms with Crippen molar-refractivity contribution in [1.82, 2.24) is 10.2 Å². The van der Waals surface area contributed by atoms with Crippen LogP contribution in [0.4, 0.5) is 5.69 Å². The number of nitrogens with one attached hydrogen (secondary N) is 1. The van der Waals surface area contributed by atoms with Crippen molar-refractivity contribution >= 4 is 11.6 Å². The summed E-state index contributed by atoms with van der Waals surface area (Å²) < 4.78 is 5.36. The number of amides is 1. The van der Waals surface area contributed by atoms with E-state index in [2.05, 4.69) is 10.2 Å². The monoisotopic (exact) mass is 281 g/mol. The number of aromatic nitrogens is 2. The van der Waals surface area contributed by atoms with Gasteiger partial charge in [0.25, 0.3) is 5.91 Å². The van der Waals surface area contributed by atoms with Gasteiger partial charge in [0, 0.05) is 18.4 Å². The number of aromatic amines is 1. The number of para-hydroxylation sites is 1. The number of anilines is 1. The van der Waals surface area contributed by atoms with Crippen molar-refractivity contribution in [2.75, 3.05) is 11.9 Å². The van der Waals surface area contributed by atoms with Crippen molar-refractivity contribution < 1.29 is 9.21 Å². The lowest BCUT2D eigenvalue weighted by atomic mass is 10.1. The maximum atomic E-state index is 12.8. The second kappa shape index (κ2) is 5.28. The zero-order valence-corrected chi connectivity index (χ0v) is 11.8. The van der Waals surface area contributed by atoms with Crippen molar-refractivity contribution in [3.63, 3.8) is 0 Å². The Morgan fingerprint density at radius 2 is 1.95 bits per heavy atom. The minimum absolute atomic E-state index is 0.126. The van der Waals surface area contributed by atoms with Gasteiger partial charge in [-0.2, -0.15) is 5.10 Å². The molecule has 5 heteroatoms. The van der Waals surface area contributed by atoms with Crippen LogP contribution in [0.1, 0.15) is 16.1 Å². The standard InChI is InChI=1S/C16H15N3O2/c1-11-14(15(18-17-11)13-9-6-10-21-13)16(20)19(2)12-7-4-3-5-8-12/h3-10H,1-2H3,(H,17,18). The molecule has 0 saturated heterocycles. The minimum atomic E-state index is -0.126. The first-order valence-corrected chi connectivity index (χ1v) is 6.60. The van der Waals surface area contributed by atoms with Crippen molar-refractivity contribution in [1.29, 1.82) is 0 Å². The second-order valence-electron chi connectivity index (χ2n) is 4.75. The van der Waals surface area contributed by atoms with Gasteiger partial charge in [-0.3, -0.25) is 9.89 Å². The SMILES string of the molecule is Cc1[nH]nc(-c2ccco2)c1C(=O)N(C)c1ccccc1. The first-order chi connectivity index (χ1) is 10.2. The van der Waals surface area contributed by atoms with Crippen LogP contribution in [0.25, 0.3) is 11.5 Å². The van der Waals surface area contributed by atoms with Gasteiger partial charge in [0.1, 0.15) is 5.69 Å². The van der Waals surface area contributed by atoms with Gasteiger partial charge < -0.3 is 9.32 Å². The third-order valence-electron chi connectivity index (χ3n) is 3.36. The summed E-state index contributed by atoms with van der Waals surface area (Å²) in [6.07, 6.45) is 1.56. The summed E-state index contributed by atoms with van der Waals surface area (Å²) in [6, 6.07) is 13.0. The lowest BCUT2D eigenvalue weighted by Crippen LogP contribution is -2.26. The summed E-state index contributed by atoms with van der Waals surface area (Å²) in [6.45, 7) is 1.82. The third kappa shape index (κ3) is 2.33. The summed E-state index contributed by atoms with van der Waals surface area (Å²) in [5.74, 6) is 0.447. The molecule has 3 aromatic rings. The number of hydrogen-bond donors (Lipinski definition) is 1. The Balaban J connectivity index is 2.01. The quantitative estimate of drug-likeness (QED) is 0.801. The van der Waals surface area contributed by atoms with Crippen LogP contribution in [-0.2, 0) is 0 Å². The molecule has 0 atom stereocenters. The second-order valence-corrected chi connectivity index (χ2v) is 4.75. The molecule has 21 heavy (non-hydrogen) atoms. The Morgan fingerprint density at radius 1 is 1.19 bits per heavy atom. The molecule has 0 radical (unpaired) electrons. The van der Waals surface area contributed by atoms with Crippen molar-refractivity contribution in [2.45, 2.75) is 6.92 Å². The number of benzene rings is 1. The van der Waals surface area contributed by atoms with Crippen LogP contribution < -0.4 is 4.90 Å². The van der Waals surface area contributed by atoms with Crippen LogP contribution in [0, 0.1) is 6.92 Å². The van der Waals surface area contributed by atoms with E-state index in [1.807, 2.05) is 37.3 Å². The van der Waals surface area contributed by atoms with E-state index in [1.54, 1.807) is 30.3 Å². The molecule has 3 rings (SSSR count). The van der Waals surface area contributed by atoms with Gasteiger partial charge in [-0.1, -0.05) is 18.2 Å². The maximum absolute atomic E-state index is 12.8. The molecule has 106 valence electrons. The number of aryl methyl sites for hydroxylation is 1.